The molecule has 138 valence electrons. The quantitative estimate of drug-likeness (QED) is 0.642. The molecule has 3 rings (SSSR count). The summed E-state index contributed by atoms with van der Waals surface area (Å²) in [5.74, 6) is -1.01. The molecule has 0 saturated carbocycles. The van der Waals surface area contributed by atoms with E-state index in [2.05, 4.69) is 53.3 Å². The van der Waals surface area contributed by atoms with Gasteiger partial charge in [0.05, 0.1) is 0 Å². The monoisotopic (exact) mass is 360 g/mol. The number of aryl methyl sites for hydroxylation is 1. The topological polar surface area (TPSA) is 53.4 Å². The number of carboxylic acid groups (broad SMARTS) is 1. The molecule has 0 aliphatic carbocycles. The third-order valence-electron chi connectivity index (χ3n) is 4.54. The average molecular weight is 360 g/mol. The van der Waals surface area contributed by atoms with Gasteiger partial charge in [0.15, 0.2) is 0 Å². The Hall–Kier alpha value is -2.98. The number of carboxylic acids is 1. The first-order valence-corrected chi connectivity index (χ1v) is 9.13. The molecule has 0 aliphatic heterocycles. The van der Waals surface area contributed by atoms with E-state index in [1.165, 1.54) is 11.1 Å². The molecule has 1 N–H and O–H groups in total. The summed E-state index contributed by atoms with van der Waals surface area (Å²) in [5, 5.41) is 8.97. The van der Waals surface area contributed by atoms with Crippen molar-refractivity contribution in [2.24, 2.45) is 0 Å². The lowest BCUT2D eigenvalue weighted by Gasteiger charge is -2.17. The number of pyridine rings is 1. The van der Waals surface area contributed by atoms with E-state index in [1.807, 2.05) is 18.2 Å². The van der Waals surface area contributed by atoms with E-state index in [1.54, 1.807) is 18.3 Å². The number of aromatic nitrogens is 1. The maximum absolute atomic E-state index is 10.9. The van der Waals surface area contributed by atoms with Crippen LogP contribution >= 0.6 is 0 Å². The molecule has 0 fully saturated rings. The van der Waals surface area contributed by atoms with E-state index in [0.717, 1.165) is 37.1 Å². The van der Waals surface area contributed by atoms with Gasteiger partial charge in [0.25, 0.3) is 0 Å². The van der Waals surface area contributed by atoms with Crippen LogP contribution in [-0.4, -0.2) is 34.6 Å². The number of benzene rings is 2. The van der Waals surface area contributed by atoms with Gasteiger partial charge in [-0.15, -0.1) is 0 Å². The molecule has 2 aromatic carbocycles. The van der Waals surface area contributed by atoms with Crippen LogP contribution in [0.3, 0.4) is 0 Å². The molecule has 3 aromatic rings. The van der Waals surface area contributed by atoms with Crippen LogP contribution in [0.1, 0.15) is 28.0 Å². The smallest absolute Gasteiger partial charge is 0.354 e. The first-order chi connectivity index (χ1) is 13.1. The first-order valence-electron chi connectivity index (χ1n) is 9.13. The SMILES string of the molecule is CN(CCCc1ccccc1)Cc1cccc(-c2ccc(C(=O)O)nc2)c1. The summed E-state index contributed by atoms with van der Waals surface area (Å²) < 4.78 is 0. The van der Waals surface area contributed by atoms with Crippen LogP contribution in [0, 0.1) is 0 Å². The van der Waals surface area contributed by atoms with Crippen molar-refractivity contribution in [2.75, 3.05) is 13.6 Å². The van der Waals surface area contributed by atoms with Crippen molar-refractivity contribution in [3.63, 3.8) is 0 Å². The minimum Gasteiger partial charge on any atom is -0.477 e. The largest absolute Gasteiger partial charge is 0.477 e. The minimum atomic E-state index is -1.01. The van der Waals surface area contributed by atoms with Crippen LogP contribution in [0.2, 0.25) is 0 Å². The van der Waals surface area contributed by atoms with Crippen molar-refractivity contribution in [1.29, 1.82) is 0 Å². The zero-order valence-electron chi connectivity index (χ0n) is 15.5. The molecule has 27 heavy (non-hydrogen) atoms. The predicted octanol–water partition coefficient (Wildman–Crippen LogP) is 4.51. The molecule has 0 atom stereocenters. The molecule has 0 saturated heterocycles. The van der Waals surface area contributed by atoms with Crippen LogP contribution < -0.4 is 0 Å². The highest BCUT2D eigenvalue weighted by Crippen LogP contribution is 2.20. The van der Waals surface area contributed by atoms with Gasteiger partial charge < -0.3 is 10.0 Å². The summed E-state index contributed by atoms with van der Waals surface area (Å²) in [6.45, 7) is 1.91. The molecule has 0 amide bonds. The molecule has 0 unspecified atom stereocenters. The first kappa shape index (κ1) is 18.8. The van der Waals surface area contributed by atoms with E-state index in [9.17, 15) is 4.79 Å². The molecular weight excluding hydrogens is 336 g/mol. The van der Waals surface area contributed by atoms with E-state index >= 15 is 0 Å². The van der Waals surface area contributed by atoms with Crippen LogP contribution in [0.15, 0.2) is 72.9 Å². The molecule has 1 aromatic heterocycles. The summed E-state index contributed by atoms with van der Waals surface area (Å²) in [5.41, 5.74) is 4.65. The van der Waals surface area contributed by atoms with Gasteiger partial charge in [0.1, 0.15) is 5.69 Å². The van der Waals surface area contributed by atoms with Gasteiger partial charge in [0.2, 0.25) is 0 Å². The maximum Gasteiger partial charge on any atom is 0.354 e. The Balaban J connectivity index is 1.57. The van der Waals surface area contributed by atoms with E-state index < -0.39 is 5.97 Å². The van der Waals surface area contributed by atoms with Gasteiger partial charge in [-0.25, -0.2) is 9.78 Å². The number of carbonyl (C=O) groups is 1. The fraction of sp³-hybridized carbons (Fsp3) is 0.217. The lowest BCUT2D eigenvalue weighted by Crippen LogP contribution is -2.19. The number of rotatable bonds is 8. The molecule has 0 radical (unpaired) electrons. The van der Waals surface area contributed by atoms with Gasteiger partial charge in [0, 0.05) is 18.3 Å². The molecule has 0 aliphatic rings. The number of hydrogen-bond acceptors (Lipinski definition) is 3. The third kappa shape index (κ3) is 5.50. The summed E-state index contributed by atoms with van der Waals surface area (Å²) >= 11 is 0. The Morgan fingerprint density at radius 3 is 2.44 bits per heavy atom. The third-order valence-corrected chi connectivity index (χ3v) is 4.54. The van der Waals surface area contributed by atoms with Gasteiger partial charge in [-0.2, -0.15) is 0 Å². The van der Waals surface area contributed by atoms with Gasteiger partial charge in [-0.3, -0.25) is 0 Å². The maximum atomic E-state index is 10.9. The number of nitrogens with zero attached hydrogens (tertiary/aromatic N) is 2. The highest BCUT2D eigenvalue weighted by molar-refractivity contribution is 5.85. The average Bonchev–Trinajstić information content (AvgIpc) is 2.69. The Kier molecular flexibility index (Phi) is 6.34. The zero-order chi connectivity index (χ0) is 19.1. The van der Waals surface area contributed by atoms with Crippen molar-refractivity contribution < 1.29 is 9.90 Å². The van der Waals surface area contributed by atoms with Crippen molar-refractivity contribution in [2.45, 2.75) is 19.4 Å². The highest BCUT2D eigenvalue weighted by atomic mass is 16.4. The van der Waals surface area contributed by atoms with Crippen LogP contribution in [0.4, 0.5) is 0 Å². The second kappa shape index (κ2) is 9.10. The normalized spacial score (nSPS) is 10.9. The van der Waals surface area contributed by atoms with Gasteiger partial charge >= 0.3 is 5.97 Å². The van der Waals surface area contributed by atoms with Crippen molar-refractivity contribution in [3.8, 4) is 11.1 Å². The molecule has 4 nitrogen and oxygen atoms in total. The summed E-state index contributed by atoms with van der Waals surface area (Å²) in [6, 6.07) is 22.2. The van der Waals surface area contributed by atoms with Crippen LogP contribution in [0.5, 0.6) is 0 Å². The molecule has 0 spiro atoms. The Bertz CT molecular complexity index is 876. The van der Waals surface area contributed by atoms with Crippen molar-refractivity contribution >= 4 is 5.97 Å². The number of hydrogen-bond donors (Lipinski definition) is 1. The lowest BCUT2D eigenvalue weighted by atomic mass is 10.0. The van der Waals surface area contributed by atoms with Crippen molar-refractivity contribution in [3.05, 3.63) is 89.7 Å². The summed E-state index contributed by atoms with van der Waals surface area (Å²) in [6.07, 6.45) is 3.83. The van der Waals surface area contributed by atoms with Gasteiger partial charge in [-0.1, -0.05) is 54.6 Å². The fourth-order valence-electron chi connectivity index (χ4n) is 3.13. The molecule has 1 heterocycles. The number of aromatic carboxylic acids is 1. The molecule has 0 bridgehead atoms. The standard InChI is InChI=1S/C23H24N2O2/c1-25(14-6-10-18-7-3-2-4-8-18)17-19-9-5-11-20(15-19)21-12-13-22(23(26)27)24-16-21/h2-5,7-9,11-13,15-16H,6,10,14,17H2,1H3,(H,26,27). The second-order valence-corrected chi connectivity index (χ2v) is 6.76. The summed E-state index contributed by atoms with van der Waals surface area (Å²) in [4.78, 5) is 17.3. The Labute approximate surface area is 160 Å². The lowest BCUT2D eigenvalue weighted by molar-refractivity contribution is 0.0690. The van der Waals surface area contributed by atoms with E-state index in [-0.39, 0.29) is 5.69 Å². The van der Waals surface area contributed by atoms with Gasteiger partial charge in [-0.05, 0) is 55.3 Å². The Morgan fingerprint density at radius 1 is 0.963 bits per heavy atom. The zero-order valence-corrected chi connectivity index (χ0v) is 15.5. The second-order valence-electron chi connectivity index (χ2n) is 6.76. The van der Waals surface area contributed by atoms with Crippen LogP contribution in [-0.2, 0) is 13.0 Å². The molecule has 4 heteroatoms. The van der Waals surface area contributed by atoms with Crippen LogP contribution in [0.25, 0.3) is 11.1 Å². The van der Waals surface area contributed by atoms with E-state index in [4.69, 9.17) is 5.11 Å². The molecular formula is C23H24N2O2. The summed E-state index contributed by atoms with van der Waals surface area (Å²) in [7, 11) is 2.14. The highest BCUT2D eigenvalue weighted by Gasteiger charge is 2.06. The minimum absolute atomic E-state index is 0.0630. The fourth-order valence-corrected chi connectivity index (χ4v) is 3.13. The van der Waals surface area contributed by atoms with E-state index in [0.29, 0.717) is 0 Å². The Morgan fingerprint density at radius 2 is 1.74 bits per heavy atom. The van der Waals surface area contributed by atoms with Crippen molar-refractivity contribution in [1.82, 2.24) is 9.88 Å². The predicted molar refractivity (Wildman–Crippen MR) is 108 cm³/mol.